The van der Waals surface area contributed by atoms with E-state index in [4.69, 9.17) is 9.84 Å². The van der Waals surface area contributed by atoms with Gasteiger partial charge in [0.15, 0.2) is 0 Å². The number of rotatable bonds is 6. The summed E-state index contributed by atoms with van der Waals surface area (Å²) in [6, 6.07) is 5.94. The van der Waals surface area contributed by atoms with Crippen LogP contribution in [-0.2, 0) is 4.79 Å². The summed E-state index contributed by atoms with van der Waals surface area (Å²) in [4.78, 5) is 23.3. The molecule has 0 aliphatic rings. The molecule has 0 fully saturated rings. The number of benzene rings is 1. The third-order valence-corrected chi connectivity index (χ3v) is 2.24. The van der Waals surface area contributed by atoms with E-state index >= 15 is 0 Å². The molecule has 5 nitrogen and oxygen atoms in total. The van der Waals surface area contributed by atoms with Gasteiger partial charge >= 0.3 is 0 Å². The molecule has 1 aromatic carbocycles. The van der Waals surface area contributed by atoms with Gasteiger partial charge in [-0.1, -0.05) is 0 Å². The van der Waals surface area contributed by atoms with E-state index in [0.717, 1.165) is 0 Å². The maximum absolute atomic E-state index is 11.7. The van der Waals surface area contributed by atoms with Crippen molar-refractivity contribution in [2.75, 3.05) is 13.2 Å². The largest absolute Gasteiger partial charge is 0.491 e. The third-order valence-electron chi connectivity index (χ3n) is 2.24. The van der Waals surface area contributed by atoms with E-state index in [2.05, 4.69) is 0 Å². The van der Waals surface area contributed by atoms with Crippen LogP contribution in [0.3, 0.4) is 0 Å². The predicted molar refractivity (Wildman–Crippen MR) is 64.7 cm³/mol. The number of hydrogen-bond donors (Lipinski definition) is 2. The molecule has 2 N–H and O–H groups in total. The molecule has 1 rings (SSSR count). The number of carbonyl (C=O) groups excluding carboxylic acids is 2. The Morgan fingerprint density at radius 2 is 1.78 bits per heavy atom. The van der Waals surface area contributed by atoms with Crippen molar-refractivity contribution in [1.29, 1.82) is 0 Å². The molecule has 98 valence electrons. The number of aliphatic hydroxyl groups excluding tert-OH is 1. The highest BCUT2D eigenvalue weighted by molar-refractivity contribution is 6.46. The monoisotopic (exact) mass is 252 g/mol. The summed E-state index contributed by atoms with van der Waals surface area (Å²) in [5.74, 6) is -1.10. The Morgan fingerprint density at radius 3 is 2.22 bits per heavy atom. The van der Waals surface area contributed by atoms with Gasteiger partial charge in [0.25, 0.3) is 0 Å². The molecule has 0 radical (unpaired) electrons. The minimum atomic E-state index is -1.68. The van der Waals surface area contributed by atoms with Crippen molar-refractivity contribution in [3.05, 3.63) is 29.8 Å². The highest BCUT2D eigenvalue weighted by atomic mass is 16.5. The van der Waals surface area contributed by atoms with Crippen LogP contribution in [0.1, 0.15) is 24.2 Å². The van der Waals surface area contributed by atoms with Crippen LogP contribution in [-0.4, -0.2) is 40.6 Å². The Kier molecular flexibility index (Phi) is 4.58. The molecular formula is C13H16O5. The second kappa shape index (κ2) is 5.75. The predicted octanol–water partition coefficient (Wildman–Crippen LogP) is 0.580. The Labute approximate surface area is 105 Å². The summed E-state index contributed by atoms with van der Waals surface area (Å²) in [6.07, 6.45) is 0. The van der Waals surface area contributed by atoms with E-state index in [9.17, 15) is 14.7 Å². The van der Waals surface area contributed by atoms with Crippen LogP contribution in [0, 0.1) is 0 Å². The molecule has 5 heteroatoms. The summed E-state index contributed by atoms with van der Waals surface area (Å²) in [7, 11) is 0. The van der Waals surface area contributed by atoms with Crippen molar-refractivity contribution < 1.29 is 24.5 Å². The zero-order valence-electron chi connectivity index (χ0n) is 10.3. The van der Waals surface area contributed by atoms with Crippen molar-refractivity contribution in [3.8, 4) is 5.75 Å². The van der Waals surface area contributed by atoms with Gasteiger partial charge in [-0.2, -0.15) is 0 Å². The summed E-state index contributed by atoms with van der Waals surface area (Å²) < 4.78 is 5.12. The number of aliphatic hydroxyl groups is 2. The molecule has 0 unspecified atom stereocenters. The minimum absolute atomic E-state index is 0.0993. The van der Waals surface area contributed by atoms with Crippen LogP contribution in [0.4, 0.5) is 0 Å². The standard InChI is InChI=1S/C13H16O5/c1-13(2,17)12(16)11(15)9-3-5-10(6-4-9)18-8-7-14/h3-6,14,17H,7-8H2,1-2H3. The van der Waals surface area contributed by atoms with E-state index in [1.165, 1.54) is 38.1 Å². The zero-order chi connectivity index (χ0) is 13.8. The number of hydrogen-bond acceptors (Lipinski definition) is 5. The number of ketones is 2. The highest BCUT2D eigenvalue weighted by Gasteiger charge is 2.30. The van der Waals surface area contributed by atoms with Crippen molar-refractivity contribution >= 4 is 11.6 Å². The second-order valence-electron chi connectivity index (χ2n) is 4.31. The topological polar surface area (TPSA) is 83.8 Å². The number of Topliss-reactive ketones (excluding diaryl/α,β-unsaturated/α-hetero) is 2. The first-order valence-electron chi connectivity index (χ1n) is 5.51. The minimum Gasteiger partial charge on any atom is -0.491 e. The average Bonchev–Trinajstić information content (AvgIpc) is 2.34. The Hall–Kier alpha value is -1.72. The molecule has 1 aromatic rings. The average molecular weight is 252 g/mol. The number of carbonyl (C=O) groups is 2. The molecule has 0 aliphatic heterocycles. The van der Waals surface area contributed by atoms with Crippen LogP contribution >= 0.6 is 0 Å². The lowest BCUT2D eigenvalue weighted by Crippen LogP contribution is -2.37. The molecule has 0 bridgehead atoms. The van der Waals surface area contributed by atoms with Gasteiger partial charge in [0, 0.05) is 5.56 Å². The van der Waals surface area contributed by atoms with Gasteiger partial charge in [-0.05, 0) is 38.1 Å². The van der Waals surface area contributed by atoms with E-state index in [1.54, 1.807) is 0 Å². The fourth-order valence-corrected chi connectivity index (χ4v) is 1.27. The van der Waals surface area contributed by atoms with Crippen molar-refractivity contribution in [2.45, 2.75) is 19.4 Å². The molecule has 0 aliphatic carbocycles. The first-order chi connectivity index (χ1) is 8.36. The summed E-state index contributed by atoms with van der Waals surface area (Å²) in [5, 5.41) is 18.0. The van der Waals surface area contributed by atoms with Gasteiger partial charge in [0.05, 0.1) is 6.61 Å². The lowest BCUT2D eigenvalue weighted by atomic mass is 9.96. The maximum atomic E-state index is 11.7. The van der Waals surface area contributed by atoms with Crippen LogP contribution < -0.4 is 4.74 Å². The number of ether oxygens (including phenoxy) is 1. The van der Waals surface area contributed by atoms with Crippen LogP contribution in [0.15, 0.2) is 24.3 Å². The quantitative estimate of drug-likeness (QED) is 0.571. The molecule has 0 saturated heterocycles. The van der Waals surface area contributed by atoms with E-state index in [0.29, 0.717) is 5.75 Å². The van der Waals surface area contributed by atoms with Gasteiger partial charge in [-0.25, -0.2) is 0 Å². The zero-order valence-corrected chi connectivity index (χ0v) is 10.3. The fourth-order valence-electron chi connectivity index (χ4n) is 1.27. The second-order valence-corrected chi connectivity index (χ2v) is 4.31. The van der Waals surface area contributed by atoms with Crippen LogP contribution in [0.5, 0.6) is 5.75 Å². The normalized spacial score (nSPS) is 11.1. The highest BCUT2D eigenvalue weighted by Crippen LogP contribution is 2.15. The Balaban J connectivity index is 2.79. The van der Waals surface area contributed by atoms with Gasteiger partial charge in [0.1, 0.15) is 18.0 Å². The van der Waals surface area contributed by atoms with E-state index in [-0.39, 0.29) is 18.8 Å². The molecule has 0 heterocycles. The van der Waals surface area contributed by atoms with Crippen LogP contribution in [0.25, 0.3) is 0 Å². The Morgan fingerprint density at radius 1 is 1.22 bits per heavy atom. The van der Waals surface area contributed by atoms with Gasteiger partial charge in [-0.3, -0.25) is 9.59 Å². The lowest BCUT2D eigenvalue weighted by Gasteiger charge is -2.14. The molecule has 0 spiro atoms. The maximum Gasteiger partial charge on any atom is 0.234 e. The summed E-state index contributed by atoms with van der Waals surface area (Å²) in [6.45, 7) is 2.60. The van der Waals surface area contributed by atoms with Crippen molar-refractivity contribution in [3.63, 3.8) is 0 Å². The van der Waals surface area contributed by atoms with Crippen molar-refractivity contribution in [2.24, 2.45) is 0 Å². The van der Waals surface area contributed by atoms with Gasteiger partial charge in [-0.15, -0.1) is 0 Å². The molecule has 18 heavy (non-hydrogen) atoms. The third kappa shape index (κ3) is 3.65. The summed E-state index contributed by atoms with van der Waals surface area (Å²) >= 11 is 0. The van der Waals surface area contributed by atoms with E-state index in [1.807, 2.05) is 0 Å². The molecule has 0 aromatic heterocycles. The first kappa shape index (κ1) is 14.3. The van der Waals surface area contributed by atoms with Gasteiger partial charge in [0.2, 0.25) is 11.6 Å². The smallest absolute Gasteiger partial charge is 0.234 e. The molecular weight excluding hydrogens is 236 g/mol. The van der Waals surface area contributed by atoms with Gasteiger partial charge < -0.3 is 14.9 Å². The SMILES string of the molecule is CC(C)(O)C(=O)C(=O)c1ccc(OCCO)cc1. The molecule has 0 saturated carbocycles. The van der Waals surface area contributed by atoms with Crippen molar-refractivity contribution in [1.82, 2.24) is 0 Å². The van der Waals surface area contributed by atoms with E-state index < -0.39 is 17.2 Å². The van der Waals surface area contributed by atoms with Crippen LogP contribution in [0.2, 0.25) is 0 Å². The molecule has 0 atom stereocenters. The summed E-state index contributed by atoms with van der Waals surface area (Å²) in [5.41, 5.74) is -1.48. The first-order valence-corrected chi connectivity index (χ1v) is 5.51. The lowest BCUT2D eigenvalue weighted by molar-refractivity contribution is -0.129. The fraction of sp³-hybridized carbons (Fsp3) is 0.385. The Bertz CT molecular complexity index is 428. The molecule has 0 amide bonds.